The summed E-state index contributed by atoms with van der Waals surface area (Å²) in [7, 11) is 0. The van der Waals surface area contributed by atoms with Crippen LogP contribution in [-0.2, 0) is 10.9 Å². The molecule has 1 aromatic rings. The van der Waals surface area contributed by atoms with Crippen molar-refractivity contribution < 1.29 is 17.9 Å². The van der Waals surface area contributed by atoms with E-state index in [0.717, 1.165) is 12.1 Å². The topological polar surface area (TPSA) is 35.2 Å². The maximum atomic E-state index is 12.4. The average Bonchev–Trinajstić information content (AvgIpc) is 2.28. The number of anilines is 1. The first-order chi connectivity index (χ1) is 8.80. The first-order valence-corrected chi connectivity index (χ1v) is 6.96. The molecule has 0 saturated carbocycles. The van der Waals surface area contributed by atoms with Crippen molar-refractivity contribution in [2.75, 3.05) is 24.7 Å². The van der Waals surface area contributed by atoms with Crippen LogP contribution in [0.3, 0.4) is 0 Å². The standard InChI is InChI=1S/C13H18F3NOS/c1-9(2)8-18-5-6-19-12-4-3-10(7-11(12)17)13(14,15)16/h3-4,7,9H,5-6,8,17H2,1-2H3. The molecule has 0 spiro atoms. The van der Waals surface area contributed by atoms with Crippen molar-refractivity contribution in [1.82, 2.24) is 0 Å². The second-order valence-electron chi connectivity index (χ2n) is 4.57. The van der Waals surface area contributed by atoms with Crippen molar-refractivity contribution in [3.63, 3.8) is 0 Å². The van der Waals surface area contributed by atoms with Gasteiger partial charge in [0.2, 0.25) is 0 Å². The highest BCUT2D eigenvalue weighted by Gasteiger charge is 2.30. The monoisotopic (exact) mass is 293 g/mol. The molecule has 6 heteroatoms. The van der Waals surface area contributed by atoms with Gasteiger partial charge in [-0.1, -0.05) is 13.8 Å². The number of halogens is 3. The van der Waals surface area contributed by atoms with Crippen LogP contribution >= 0.6 is 11.8 Å². The molecule has 2 nitrogen and oxygen atoms in total. The van der Waals surface area contributed by atoms with Crippen LogP contribution in [0.2, 0.25) is 0 Å². The van der Waals surface area contributed by atoms with E-state index in [0.29, 0.717) is 29.8 Å². The quantitative estimate of drug-likeness (QED) is 0.488. The molecule has 2 N–H and O–H groups in total. The Hall–Kier alpha value is -0.880. The van der Waals surface area contributed by atoms with Gasteiger partial charge in [-0.3, -0.25) is 0 Å². The van der Waals surface area contributed by atoms with Gasteiger partial charge in [-0.05, 0) is 24.1 Å². The summed E-state index contributed by atoms with van der Waals surface area (Å²) in [6, 6.07) is 3.43. The molecule has 1 aromatic carbocycles. The SMILES string of the molecule is CC(C)COCCSc1ccc(C(F)(F)F)cc1N. The molecule has 0 aliphatic rings. The fourth-order valence-electron chi connectivity index (χ4n) is 1.39. The maximum Gasteiger partial charge on any atom is 0.416 e. The lowest BCUT2D eigenvalue weighted by Crippen LogP contribution is -2.06. The van der Waals surface area contributed by atoms with Crippen molar-refractivity contribution in [3.8, 4) is 0 Å². The molecule has 1 rings (SSSR count). The number of alkyl halides is 3. The van der Waals surface area contributed by atoms with E-state index in [1.165, 1.54) is 17.8 Å². The van der Waals surface area contributed by atoms with E-state index in [2.05, 4.69) is 13.8 Å². The number of nitrogens with two attached hydrogens (primary N) is 1. The number of hydrogen-bond acceptors (Lipinski definition) is 3. The molecular formula is C13H18F3NOS. The molecule has 0 atom stereocenters. The number of benzene rings is 1. The Kier molecular flexibility index (Phi) is 6.00. The third-order valence-electron chi connectivity index (χ3n) is 2.27. The highest BCUT2D eigenvalue weighted by molar-refractivity contribution is 7.99. The van der Waals surface area contributed by atoms with Gasteiger partial charge in [-0.2, -0.15) is 13.2 Å². The third-order valence-corrected chi connectivity index (χ3v) is 3.33. The van der Waals surface area contributed by atoms with Crippen LogP contribution in [0.4, 0.5) is 18.9 Å². The van der Waals surface area contributed by atoms with Gasteiger partial charge in [0.15, 0.2) is 0 Å². The van der Waals surface area contributed by atoms with Crippen molar-refractivity contribution in [3.05, 3.63) is 23.8 Å². The third kappa shape index (κ3) is 5.74. The van der Waals surface area contributed by atoms with Gasteiger partial charge in [0.1, 0.15) is 0 Å². The Balaban J connectivity index is 2.47. The number of hydrogen-bond donors (Lipinski definition) is 1. The average molecular weight is 293 g/mol. The predicted octanol–water partition coefficient (Wildman–Crippen LogP) is 4.05. The van der Waals surface area contributed by atoms with Crippen LogP contribution in [0, 0.1) is 5.92 Å². The number of nitrogen functional groups attached to an aromatic ring is 1. The second-order valence-corrected chi connectivity index (χ2v) is 5.70. The normalized spacial score (nSPS) is 12.1. The number of thioether (sulfide) groups is 1. The summed E-state index contributed by atoms with van der Waals surface area (Å²) in [6.45, 7) is 5.36. The molecule has 0 fully saturated rings. The van der Waals surface area contributed by atoms with Gasteiger partial charge >= 0.3 is 6.18 Å². The Labute approximate surface area is 115 Å². The molecule has 0 bridgehead atoms. The number of ether oxygens (including phenoxy) is 1. The van der Waals surface area contributed by atoms with E-state index < -0.39 is 11.7 Å². The van der Waals surface area contributed by atoms with Gasteiger partial charge < -0.3 is 10.5 Å². The zero-order chi connectivity index (χ0) is 14.5. The molecule has 0 aromatic heterocycles. The minimum atomic E-state index is -4.35. The van der Waals surface area contributed by atoms with Crippen LogP contribution in [-0.4, -0.2) is 19.0 Å². The lowest BCUT2D eigenvalue weighted by atomic mass is 10.2. The molecule has 0 aliphatic carbocycles. The molecule has 0 radical (unpaired) electrons. The van der Waals surface area contributed by atoms with Crippen molar-refractivity contribution in [1.29, 1.82) is 0 Å². The molecular weight excluding hydrogens is 275 g/mol. The van der Waals surface area contributed by atoms with Crippen molar-refractivity contribution in [2.24, 2.45) is 5.92 Å². The molecule has 19 heavy (non-hydrogen) atoms. The fraction of sp³-hybridized carbons (Fsp3) is 0.538. The minimum absolute atomic E-state index is 0.156. The van der Waals surface area contributed by atoms with Gasteiger partial charge in [0.25, 0.3) is 0 Å². The van der Waals surface area contributed by atoms with E-state index >= 15 is 0 Å². The van der Waals surface area contributed by atoms with E-state index in [4.69, 9.17) is 10.5 Å². The maximum absolute atomic E-state index is 12.4. The largest absolute Gasteiger partial charge is 0.416 e. The molecule has 0 amide bonds. The summed E-state index contributed by atoms with van der Waals surface area (Å²) in [5.74, 6) is 1.14. The second kappa shape index (κ2) is 7.05. The van der Waals surface area contributed by atoms with E-state index in [1.807, 2.05) is 0 Å². The van der Waals surface area contributed by atoms with Gasteiger partial charge in [0, 0.05) is 22.9 Å². The van der Waals surface area contributed by atoms with Crippen LogP contribution < -0.4 is 5.73 Å². The van der Waals surface area contributed by atoms with Crippen molar-refractivity contribution in [2.45, 2.75) is 24.9 Å². The zero-order valence-electron chi connectivity index (χ0n) is 11.0. The Morgan fingerprint density at radius 3 is 2.53 bits per heavy atom. The highest BCUT2D eigenvalue weighted by atomic mass is 32.2. The van der Waals surface area contributed by atoms with Crippen molar-refractivity contribution >= 4 is 17.4 Å². The van der Waals surface area contributed by atoms with Crippen LogP contribution in [0.15, 0.2) is 23.1 Å². The Morgan fingerprint density at radius 1 is 1.32 bits per heavy atom. The molecule has 0 saturated heterocycles. The smallest absolute Gasteiger partial charge is 0.398 e. The predicted molar refractivity (Wildman–Crippen MR) is 72.2 cm³/mol. The first-order valence-electron chi connectivity index (χ1n) is 5.98. The summed E-state index contributed by atoms with van der Waals surface area (Å²) in [5, 5.41) is 0. The van der Waals surface area contributed by atoms with Crippen LogP contribution in [0.5, 0.6) is 0 Å². The molecule has 0 aliphatic heterocycles. The zero-order valence-corrected chi connectivity index (χ0v) is 11.8. The summed E-state index contributed by atoms with van der Waals surface area (Å²) in [4.78, 5) is 0.654. The summed E-state index contributed by atoms with van der Waals surface area (Å²) in [6.07, 6.45) is -4.35. The Bertz CT molecular complexity index is 407. The lowest BCUT2D eigenvalue weighted by Gasteiger charge is -2.11. The van der Waals surface area contributed by atoms with Gasteiger partial charge in [-0.15, -0.1) is 11.8 Å². The highest BCUT2D eigenvalue weighted by Crippen LogP contribution is 2.34. The van der Waals surface area contributed by atoms with E-state index in [-0.39, 0.29) is 5.69 Å². The molecule has 108 valence electrons. The Morgan fingerprint density at radius 2 is 2.00 bits per heavy atom. The van der Waals surface area contributed by atoms with Crippen LogP contribution in [0.25, 0.3) is 0 Å². The number of rotatable bonds is 6. The lowest BCUT2D eigenvalue weighted by molar-refractivity contribution is -0.137. The van der Waals surface area contributed by atoms with Gasteiger partial charge in [0.05, 0.1) is 12.2 Å². The molecule has 0 heterocycles. The fourth-order valence-corrected chi connectivity index (χ4v) is 2.20. The van der Waals surface area contributed by atoms with E-state index in [9.17, 15) is 13.2 Å². The summed E-state index contributed by atoms with van der Waals surface area (Å²) in [5.41, 5.74) is 5.06. The summed E-state index contributed by atoms with van der Waals surface area (Å²) < 4.78 is 42.7. The molecule has 0 unspecified atom stereocenters. The van der Waals surface area contributed by atoms with Crippen LogP contribution in [0.1, 0.15) is 19.4 Å². The van der Waals surface area contributed by atoms with Gasteiger partial charge in [-0.25, -0.2) is 0 Å². The summed E-state index contributed by atoms with van der Waals surface area (Å²) >= 11 is 1.40. The first kappa shape index (κ1) is 16.2. The minimum Gasteiger partial charge on any atom is -0.398 e. The van der Waals surface area contributed by atoms with E-state index in [1.54, 1.807) is 0 Å².